The van der Waals surface area contributed by atoms with Gasteiger partial charge in [-0.1, -0.05) is 30.9 Å². The summed E-state index contributed by atoms with van der Waals surface area (Å²) in [5.74, 6) is 0. The van der Waals surface area contributed by atoms with Crippen LogP contribution in [-0.2, 0) is 4.79 Å². The Morgan fingerprint density at radius 3 is 2.87 bits per heavy atom. The molecule has 2 unspecified atom stereocenters. The maximum atomic E-state index is 10.3. The second-order valence-corrected chi connectivity index (χ2v) is 5.75. The molecule has 1 heteroatoms. The fourth-order valence-corrected chi connectivity index (χ4v) is 4.24. The predicted molar refractivity (Wildman–Crippen MR) is 60.6 cm³/mol. The molecule has 0 spiro atoms. The first-order valence-corrected chi connectivity index (χ1v) is 6.46. The van der Waals surface area contributed by atoms with Gasteiger partial charge in [-0.15, -0.1) is 0 Å². The first-order valence-electron chi connectivity index (χ1n) is 6.46. The molecule has 3 aliphatic rings. The number of hydrogen-bond donors (Lipinski definition) is 0. The second-order valence-electron chi connectivity index (χ2n) is 5.75. The largest absolute Gasteiger partial charge is 0.303 e. The fraction of sp³-hybridized carbons (Fsp3) is 0.786. The molecular weight excluding hydrogens is 184 g/mol. The van der Waals surface area contributed by atoms with Crippen LogP contribution >= 0.6 is 0 Å². The maximum absolute atomic E-state index is 10.3. The Hall–Kier alpha value is -0.590. The van der Waals surface area contributed by atoms with Crippen molar-refractivity contribution in [3.05, 3.63) is 11.6 Å². The number of hydrogen-bond acceptors (Lipinski definition) is 1. The van der Waals surface area contributed by atoms with E-state index in [2.05, 4.69) is 6.08 Å². The third-order valence-electron chi connectivity index (χ3n) is 5.11. The van der Waals surface area contributed by atoms with Gasteiger partial charge >= 0.3 is 0 Å². The molecule has 0 N–H and O–H groups in total. The molecule has 0 amide bonds. The van der Waals surface area contributed by atoms with E-state index < -0.39 is 0 Å². The van der Waals surface area contributed by atoms with E-state index in [1.807, 2.05) is 0 Å². The van der Waals surface area contributed by atoms with Crippen LogP contribution in [0.1, 0.15) is 57.8 Å². The van der Waals surface area contributed by atoms with Crippen molar-refractivity contribution in [2.75, 3.05) is 0 Å². The van der Waals surface area contributed by atoms with Crippen LogP contribution in [0.25, 0.3) is 0 Å². The minimum Gasteiger partial charge on any atom is -0.303 e. The summed E-state index contributed by atoms with van der Waals surface area (Å²) in [5, 5.41) is 0. The first-order chi connectivity index (χ1) is 7.33. The molecule has 15 heavy (non-hydrogen) atoms. The van der Waals surface area contributed by atoms with E-state index in [4.69, 9.17) is 0 Å². The molecule has 0 heterocycles. The van der Waals surface area contributed by atoms with E-state index in [9.17, 15) is 4.79 Å². The van der Waals surface area contributed by atoms with Crippen molar-refractivity contribution in [1.29, 1.82) is 0 Å². The SMILES string of the molecule is O=CCCC=C1CC23CCCCCC12C3. The van der Waals surface area contributed by atoms with Crippen molar-refractivity contribution in [2.45, 2.75) is 57.8 Å². The van der Waals surface area contributed by atoms with Crippen LogP contribution < -0.4 is 0 Å². The van der Waals surface area contributed by atoms with Crippen molar-refractivity contribution in [3.8, 4) is 0 Å². The number of carbonyl (C=O) groups is 1. The zero-order valence-electron chi connectivity index (χ0n) is 9.43. The highest BCUT2D eigenvalue weighted by Crippen LogP contribution is 2.84. The van der Waals surface area contributed by atoms with Gasteiger partial charge in [0.2, 0.25) is 0 Å². The third kappa shape index (κ3) is 1.18. The molecule has 3 saturated carbocycles. The van der Waals surface area contributed by atoms with Crippen molar-refractivity contribution < 1.29 is 4.79 Å². The molecule has 0 radical (unpaired) electrons. The molecule has 3 rings (SSSR count). The molecule has 0 aromatic heterocycles. The van der Waals surface area contributed by atoms with Crippen molar-refractivity contribution in [3.63, 3.8) is 0 Å². The molecule has 2 atom stereocenters. The first kappa shape index (κ1) is 9.62. The topological polar surface area (TPSA) is 17.1 Å². The van der Waals surface area contributed by atoms with E-state index in [1.54, 1.807) is 5.57 Å². The highest BCUT2D eigenvalue weighted by molar-refractivity contribution is 5.50. The monoisotopic (exact) mass is 204 g/mol. The Bertz CT molecular complexity index is 317. The normalized spacial score (nSPS) is 44.9. The zero-order valence-corrected chi connectivity index (χ0v) is 9.43. The molecule has 0 aromatic carbocycles. The summed E-state index contributed by atoms with van der Waals surface area (Å²) >= 11 is 0. The number of rotatable bonds is 3. The number of aldehydes is 1. The lowest BCUT2D eigenvalue weighted by atomic mass is 9.66. The van der Waals surface area contributed by atoms with Gasteiger partial charge in [-0.05, 0) is 42.9 Å². The average molecular weight is 204 g/mol. The van der Waals surface area contributed by atoms with Crippen LogP contribution in [0.2, 0.25) is 0 Å². The Balaban J connectivity index is 1.70. The van der Waals surface area contributed by atoms with Crippen LogP contribution in [0, 0.1) is 10.8 Å². The Morgan fingerprint density at radius 2 is 2.00 bits per heavy atom. The molecule has 1 nitrogen and oxygen atoms in total. The lowest BCUT2D eigenvalue weighted by Gasteiger charge is -2.38. The van der Waals surface area contributed by atoms with Crippen molar-refractivity contribution in [2.24, 2.45) is 10.8 Å². The van der Waals surface area contributed by atoms with Crippen LogP contribution in [0.3, 0.4) is 0 Å². The molecule has 0 bridgehead atoms. The molecular formula is C14H20O. The molecule has 0 aliphatic heterocycles. The zero-order chi connectivity index (χ0) is 10.4. The van der Waals surface area contributed by atoms with E-state index in [-0.39, 0.29) is 0 Å². The average Bonchev–Trinajstić information content (AvgIpc) is 2.73. The fourth-order valence-electron chi connectivity index (χ4n) is 4.24. The summed E-state index contributed by atoms with van der Waals surface area (Å²) in [5.41, 5.74) is 3.13. The van der Waals surface area contributed by atoms with E-state index >= 15 is 0 Å². The van der Waals surface area contributed by atoms with E-state index in [1.165, 1.54) is 44.9 Å². The highest BCUT2D eigenvalue weighted by Gasteiger charge is 2.75. The van der Waals surface area contributed by atoms with Gasteiger partial charge in [-0.2, -0.15) is 0 Å². The van der Waals surface area contributed by atoms with Crippen LogP contribution in [-0.4, -0.2) is 6.29 Å². The lowest BCUT2D eigenvalue weighted by Crippen LogP contribution is -2.27. The summed E-state index contributed by atoms with van der Waals surface area (Å²) in [4.78, 5) is 10.3. The van der Waals surface area contributed by atoms with Gasteiger partial charge in [0.15, 0.2) is 0 Å². The Morgan fingerprint density at radius 1 is 1.13 bits per heavy atom. The molecule has 0 aromatic rings. The lowest BCUT2D eigenvalue weighted by molar-refractivity contribution is -0.107. The second kappa shape index (κ2) is 3.20. The van der Waals surface area contributed by atoms with Gasteiger partial charge in [0, 0.05) is 6.42 Å². The smallest absolute Gasteiger partial charge is 0.120 e. The summed E-state index contributed by atoms with van der Waals surface area (Å²) in [6, 6.07) is 0. The van der Waals surface area contributed by atoms with E-state index in [0.717, 1.165) is 18.1 Å². The summed E-state index contributed by atoms with van der Waals surface area (Å²) in [6.45, 7) is 0. The van der Waals surface area contributed by atoms with Crippen LogP contribution in [0.15, 0.2) is 11.6 Å². The van der Waals surface area contributed by atoms with Crippen molar-refractivity contribution >= 4 is 6.29 Å². The minimum absolute atomic E-state index is 0.659. The van der Waals surface area contributed by atoms with Gasteiger partial charge < -0.3 is 4.79 Å². The number of allylic oxidation sites excluding steroid dienone is 2. The third-order valence-corrected chi connectivity index (χ3v) is 5.11. The Kier molecular flexibility index (Phi) is 2.05. The summed E-state index contributed by atoms with van der Waals surface area (Å²) < 4.78 is 0. The van der Waals surface area contributed by atoms with Crippen LogP contribution in [0.4, 0.5) is 0 Å². The van der Waals surface area contributed by atoms with Gasteiger partial charge in [-0.3, -0.25) is 0 Å². The number of carbonyl (C=O) groups excluding carboxylic acids is 1. The van der Waals surface area contributed by atoms with Crippen LogP contribution in [0.5, 0.6) is 0 Å². The molecule has 82 valence electrons. The standard InChI is InChI=1S/C14H20O/c15-9-5-2-6-12-10-13-7-3-1-4-8-14(12,13)11-13/h6,9H,1-5,7-8,10-11H2. The molecule has 3 fully saturated rings. The quantitative estimate of drug-likeness (QED) is 0.390. The van der Waals surface area contributed by atoms with Gasteiger partial charge in [0.05, 0.1) is 0 Å². The van der Waals surface area contributed by atoms with E-state index in [0.29, 0.717) is 11.8 Å². The Labute approximate surface area is 91.9 Å². The van der Waals surface area contributed by atoms with Gasteiger partial charge in [0.25, 0.3) is 0 Å². The summed E-state index contributed by atoms with van der Waals surface area (Å²) in [6.07, 6.45) is 15.2. The molecule has 0 saturated heterocycles. The predicted octanol–water partition coefficient (Wildman–Crippen LogP) is 3.64. The van der Waals surface area contributed by atoms with Gasteiger partial charge in [-0.25, -0.2) is 0 Å². The van der Waals surface area contributed by atoms with Crippen molar-refractivity contribution in [1.82, 2.24) is 0 Å². The molecule has 3 aliphatic carbocycles. The maximum Gasteiger partial charge on any atom is 0.120 e. The summed E-state index contributed by atoms with van der Waals surface area (Å²) in [7, 11) is 0. The minimum atomic E-state index is 0.659. The van der Waals surface area contributed by atoms with Gasteiger partial charge in [0.1, 0.15) is 6.29 Å². The highest BCUT2D eigenvalue weighted by atomic mass is 16.1. The number of unbranched alkanes of at least 4 members (excludes halogenated alkanes) is 1.